The average molecular weight is 271 g/mol. The summed E-state index contributed by atoms with van der Waals surface area (Å²) >= 11 is 0. The molecule has 3 N–H and O–H groups in total. The van der Waals surface area contributed by atoms with E-state index in [1.54, 1.807) is 0 Å². The molecule has 0 atom stereocenters. The lowest BCUT2D eigenvalue weighted by molar-refractivity contribution is 0.186. The smallest absolute Gasteiger partial charge is 0.317 e. The van der Waals surface area contributed by atoms with Crippen molar-refractivity contribution in [1.82, 2.24) is 10.2 Å². The van der Waals surface area contributed by atoms with Crippen LogP contribution in [0.2, 0.25) is 0 Å². The molecule has 1 aromatic carbocycles. The van der Waals surface area contributed by atoms with Crippen molar-refractivity contribution in [3.63, 3.8) is 0 Å². The van der Waals surface area contributed by atoms with Crippen LogP contribution >= 0.6 is 0 Å². The van der Waals surface area contributed by atoms with Crippen molar-refractivity contribution in [2.24, 2.45) is 5.73 Å². The minimum absolute atomic E-state index is 0.0197. The molecule has 1 fully saturated rings. The fraction of sp³-hybridized carbons (Fsp3) is 0.438. The second-order valence-corrected chi connectivity index (χ2v) is 4.87. The van der Waals surface area contributed by atoms with Gasteiger partial charge in [-0.15, -0.1) is 0 Å². The summed E-state index contributed by atoms with van der Waals surface area (Å²) in [6.07, 6.45) is 3.43. The van der Waals surface area contributed by atoms with Crippen LogP contribution in [0.1, 0.15) is 30.4 Å². The van der Waals surface area contributed by atoms with Crippen LogP contribution in [-0.4, -0.2) is 30.6 Å². The maximum Gasteiger partial charge on any atom is 0.317 e. The van der Waals surface area contributed by atoms with Crippen LogP contribution in [0, 0.1) is 11.8 Å². The number of nitrogens with one attached hydrogen (secondary N) is 1. The molecule has 4 nitrogen and oxygen atoms in total. The largest absolute Gasteiger partial charge is 0.334 e. The lowest BCUT2D eigenvalue weighted by atomic mass is 10.1. The van der Waals surface area contributed by atoms with Gasteiger partial charge < -0.3 is 16.0 Å². The first-order chi connectivity index (χ1) is 9.81. The van der Waals surface area contributed by atoms with Gasteiger partial charge in [0.05, 0.1) is 6.54 Å². The quantitative estimate of drug-likeness (QED) is 0.804. The molecule has 0 saturated carbocycles. The van der Waals surface area contributed by atoms with Crippen molar-refractivity contribution < 1.29 is 4.79 Å². The van der Waals surface area contributed by atoms with Gasteiger partial charge in [-0.25, -0.2) is 4.79 Å². The van der Waals surface area contributed by atoms with Crippen molar-refractivity contribution in [2.45, 2.75) is 25.8 Å². The summed E-state index contributed by atoms with van der Waals surface area (Å²) in [5, 5.41) is 2.97. The Bertz CT molecular complexity index is 510. The number of amides is 2. The Morgan fingerprint density at radius 3 is 2.75 bits per heavy atom. The van der Waals surface area contributed by atoms with Crippen LogP contribution < -0.4 is 11.1 Å². The number of piperidine rings is 1. The van der Waals surface area contributed by atoms with Crippen LogP contribution in [0.25, 0.3) is 0 Å². The average Bonchev–Trinajstić information content (AvgIpc) is 2.52. The van der Waals surface area contributed by atoms with Gasteiger partial charge in [0.25, 0.3) is 0 Å². The van der Waals surface area contributed by atoms with E-state index in [1.807, 2.05) is 29.2 Å². The summed E-state index contributed by atoms with van der Waals surface area (Å²) in [6.45, 7) is 2.57. The number of nitrogens with two attached hydrogens (primary N) is 1. The lowest BCUT2D eigenvalue weighted by Gasteiger charge is -2.26. The normalized spacial score (nSPS) is 14.3. The number of urea groups is 1. The summed E-state index contributed by atoms with van der Waals surface area (Å²) in [4.78, 5) is 13.9. The monoisotopic (exact) mass is 271 g/mol. The molecule has 1 aromatic rings. The third kappa shape index (κ3) is 4.01. The first kappa shape index (κ1) is 14.4. The molecule has 2 amide bonds. The number of hydrogen-bond donors (Lipinski definition) is 2. The lowest BCUT2D eigenvalue weighted by Crippen LogP contribution is -2.42. The van der Waals surface area contributed by atoms with E-state index >= 15 is 0 Å². The molecule has 0 radical (unpaired) electrons. The highest BCUT2D eigenvalue weighted by Crippen LogP contribution is 2.10. The SMILES string of the molecule is NCC#Cc1ccccc1CNC(=O)N1CCCCC1. The molecule has 1 saturated heterocycles. The number of carbonyl (C=O) groups excluding carboxylic acids is 1. The molecule has 1 aliphatic heterocycles. The van der Waals surface area contributed by atoms with Gasteiger partial charge in [0.15, 0.2) is 0 Å². The van der Waals surface area contributed by atoms with Crippen LogP contribution in [0.15, 0.2) is 24.3 Å². The summed E-state index contributed by atoms with van der Waals surface area (Å²) in [5.74, 6) is 5.89. The molecule has 1 heterocycles. The van der Waals surface area contributed by atoms with Crippen molar-refractivity contribution in [3.05, 3.63) is 35.4 Å². The number of rotatable bonds is 2. The van der Waals surface area contributed by atoms with E-state index in [4.69, 9.17) is 5.73 Å². The molecule has 4 heteroatoms. The molecular weight excluding hydrogens is 250 g/mol. The highest BCUT2D eigenvalue weighted by atomic mass is 16.2. The Balaban J connectivity index is 1.94. The van der Waals surface area contributed by atoms with Crippen molar-refractivity contribution in [3.8, 4) is 11.8 Å². The number of hydrogen-bond acceptors (Lipinski definition) is 2. The zero-order chi connectivity index (χ0) is 14.2. The van der Waals surface area contributed by atoms with Crippen LogP contribution in [-0.2, 0) is 6.54 Å². The van der Waals surface area contributed by atoms with Crippen LogP contribution in [0.3, 0.4) is 0 Å². The number of likely N-dealkylation sites (tertiary alicyclic amines) is 1. The van der Waals surface area contributed by atoms with Crippen molar-refractivity contribution >= 4 is 6.03 Å². The minimum Gasteiger partial charge on any atom is -0.334 e. The van der Waals surface area contributed by atoms with Crippen LogP contribution in [0.5, 0.6) is 0 Å². The Labute approximate surface area is 120 Å². The molecule has 0 aliphatic carbocycles. The van der Waals surface area contributed by atoms with Crippen molar-refractivity contribution in [2.75, 3.05) is 19.6 Å². The molecule has 1 aliphatic rings. The number of nitrogens with zero attached hydrogens (tertiary/aromatic N) is 1. The molecule has 106 valence electrons. The van der Waals surface area contributed by atoms with Gasteiger partial charge in [0.1, 0.15) is 0 Å². The molecule has 0 spiro atoms. The van der Waals surface area contributed by atoms with E-state index in [1.165, 1.54) is 6.42 Å². The van der Waals surface area contributed by atoms with Crippen molar-refractivity contribution in [1.29, 1.82) is 0 Å². The standard InChI is InChI=1S/C16H21N3O/c17-10-6-9-14-7-2-3-8-15(14)13-18-16(20)19-11-4-1-5-12-19/h2-3,7-8H,1,4-5,10-13,17H2,(H,18,20). The summed E-state index contributed by atoms with van der Waals surface area (Å²) in [6, 6.07) is 7.85. The van der Waals surface area contributed by atoms with Gasteiger partial charge in [0.2, 0.25) is 0 Å². The van der Waals surface area contributed by atoms with E-state index in [-0.39, 0.29) is 6.03 Å². The van der Waals surface area contributed by atoms with E-state index in [0.717, 1.165) is 37.1 Å². The summed E-state index contributed by atoms with van der Waals surface area (Å²) in [5.41, 5.74) is 7.35. The third-order valence-electron chi connectivity index (χ3n) is 3.42. The minimum atomic E-state index is 0.0197. The Kier molecular flexibility index (Phi) is 5.45. The van der Waals surface area contributed by atoms with Gasteiger partial charge in [-0.2, -0.15) is 0 Å². The fourth-order valence-electron chi connectivity index (χ4n) is 2.32. The Morgan fingerprint density at radius 2 is 2.00 bits per heavy atom. The Hall–Kier alpha value is -1.99. The second-order valence-electron chi connectivity index (χ2n) is 4.87. The van der Waals surface area contributed by atoms with Gasteiger partial charge in [-0.3, -0.25) is 0 Å². The summed E-state index contributed by atoms with van der Waals surface area (Å²) < 4.78 is 0. The number of carbonyl (C=O) groups is 1. The number of benzene rings is 1. The topological polar surface area (TPSA) is 58.4 Å². The Morgan fingerprint density at radius 1 is 1.25 bits per heavy atom. The third-order valence-corrected chi connectivity index (χ3v) is 3.42. The molecule has 0 unspecified atom stereocenters. The zero-order valence-electron chi connectivity index (χ0n) is 11.7. The van der Waals surface area contributed by atoms with E-state index in [2.05, 4.69) is 17.2 Å². The first-order valence-corrected chi connectivity index (χ1v) is 7.11. The summed E-state index contributed by atoms with van der Waals surface area (Å²) in [7, 11) is 0. The van der Waals surface area contributed by atoms with E-state index in [9.17, 15) is 4.79 Å². The zero-order valence-corrected chi connectivity index (χ0v) is 11.7. The van der Waals surface area contributed by atoms with Gasteiger partial charge in [0, 0.05) is 25.2 Å². The van der Waals surface area contributed by atoms with Gasteiger partial charge in [-0.1, -0.05) is 30.0 Å². The maximum absolute atomic E-state index is 12.1. The van der Waals surface area contributed by atoms with E-state index in [0.29, 0.717) is 13.1 Å². The molecule has 0 aromatic heterocycles. The molecular formula is C16H21N3O. The highest BCUT2D eigenvalue weighted by molar-refractivity contribution is 5.74. The molecule has 2 rings (SSSR count). The first-order valence-electron chi connectivity index (χ1n) is 7.11. The fourth-order valence-corrected chi connectivity index (χ4v) is 2.32. The predicted octanol–water partition coefficient (Wildman–Crippen LogP) is 1.69. The predicted molar refractivity (Wildman–Crippen MR) is 80.0 cm³/mol. The maximum atomic E-state index is 12.1. The molecule has 0 bridgehead atoms. The van der Waals surface area contributed by atoms with Gasteiger partial charge in [-0.05, 0) is 30.9 Å². The van der Waals surface area contributed by atoms with Crippen LogP contribution in [0.4, 0.5) is 4.79 Å². The highest BCUT2D eigenvalue weighted by Gasteiger charge is 2.15. The van der Waals surface area contributed by atoms with Gasteiger partial charge >= 0.3 is 6.03 Å². The second kappa shape index (κ2) is 7.56. The molecule has 20 heavy (non-hydrogen) atoms. The van der Waals surface area contributed by atoms with E-state index < -0.39 is 0 Å².